The lowest BCUT2D eigenvalue weighted by molar-refractivity contribution is -0.119. The number of benzene rings is 2. The van der Waals surface area contributed by atoms with Gasteiger partial charge in [-0.1, -0.05) is 5.16 Å². The van der Waals surface area contributed by atoms with Gasteiger partial charge in [-0.3, -0.25) is 14.5 Å². The van der Waals surface area contributed by atoms with E-state index in [0.29, 0.717) is 47.7 Å². The van der Waals surface area contributed by atoms with Gasteiger partial charge in [0.15, 0.2) is 0 Å². The second-order valence-corrected chi connectivity index (χ2v) is 9.66. The number of aromatic nitrogens is 3. The summed E-state index contributed by atoms with van der Waals surface area (Å²) >= 11 is 0. The van der Waals surface area contributed by atoms with Gasteiger partial charge in [-0.2, -0.15) is 0 Å². The lowest BCUT2D eigenvalue weighted by atomic mass is 10.0. The maximum atomic E-state index is 13.8. The van der Waals surface area contributed by atoms with E-state index in [1.54, 1.807) is 40.8 Å². The largest absolute Gasteiger partial charge is 0.480 e. The van der Waals surface area contributed by atoms with Crippen molar-refractivity contribution in [2.24, 2.45) is 0 Å². The third-order valence-corrected chi connectivity index (χ3v) is 7.39. The van der Waals surface area contributed by atoms with Crippen molar-refractivity contribution in [2.75, 3.05) is 55.9 Å². The fraction of sp³-hybridized carbons (Fsp3) is 0.333. The van der Waals surface area contributed by atoms with Crippen LogP contribution in [0, 0.1) is 0 Å². The molecule has 38 heavy (non-hydrogen) atoms. The lowest BCUT2D eigenvalue weighted by Crippen LogP contribution is -2.39. The molecule has 11 heteroatoms. The van der Waals surface area contributed by atoms with Crippen molar-refractivity contribution in [3.05, 3.63) is 53.7 Å². The molecule has 4 aromatic rings. The second kappa shape index (κ2) is 9.49. The number of fused-ring (bicyclic) bond motifs is 2. The van der Waals surface area contributed by atoms with Gasteiger partial charge in [0.25, 0.3) is 5.91 Å². The van der Waals surface area contributed by atoms with Crippen LogP contribution in [0.2, 0.25) is 0 Å². The number of methoxy groups -OCH3 is 1. The molecule has 6 rings (SSSR count). The van der Waals surface area contributed by atoms with E-state index in [1.165, 1.54) is 0 Å². The summed E-state index contributed by atoms with van der Waals surface area (Å²) < 4.78 is 12.2. The molecular formula is C27H29N7O4. The molecule has 0 spiro atoms. The summed E-state index contributed by atoms with van der Waals surface area (Å²) in [6.07, 6.45) is 2.87. The molecule has 4 heterocycles. The Morgan fingerprint density at radius 3 is 2.58 bits per heavy atom. The van der Waals surface area contributed by atoms with Gasteiger partial charge in [-0.15, -0.1) is 5.10 Å². The van der Waals surface area contributed by atoms with Crippen molar-refractivity contribution in [2.45, 2.75) is 19.3 Å². The van der Waals surface area contributed by atoms with E-state index in [-0.39, 0.29) is 17.7 Å². The van der Waals surface area contributed by atoms with Gasteiger partial charge >= 0.3 is 0 Å². The first-order valence-corrected chi connectivity index (χ1v) is 12.7. The highest BCUT2D eigenvalue weighted by molar-refractivity contribution is 6.08. The van der Waals surface area contributed by atoms with Crippen LogP contribution < -0.4 is 20.3 Å². The second-order valence-electron chi connectivity index (χ2n) is 9.66. The summed E-state index contributed by atoms with van der Waals surface area (Å²) in [5.41, 5.74) is 9.92. The molecule has 11 nitrogen and oxygen atoms in total. The van der Waals surface area contributed by atoms with Crippen molar-refractivity contribution in [1.82, 2.24) is 19.8 Å². The first-order valence-electron chi connectivity index (χ1n) is 12.7. The number of hydrogen-bond donors (Lipinski definition) is 1. The summed E-state index contributed by atoms with van der Waals surface area (Å²) in [5, 5.41) is 9.16. The SMILES string of the molecule is COc1nn(-c2ccc3noc(N)c3c2)c2c1CCN(c1ccc(N(C)C(=O)CN3CCCC3)cc1)C2=O. The summed E-state index contributed by atoms with van der Waals surface area (Å²) in [6.45, 7) is 2.84. The van der Waals surface area contributed by atoms with Crippen LogP contribution in [0.3, 0.4) is 0 Å². The molecule has 2 aromatic heterocycles. The predicted octanol–water partition coefficient (Wildman–Crippen LogP) is 2.87. The Morgan fingerprint density at radius 2 is 1.84 bits per heavy atom. The van der Waals surface area contributed by atoms with Gasteiger partial charge in [-0.05, 0) is 74.8 Å². The number of rotatable bonds is 6. The molecule has 0 bridgehead atoms. The van der Waals surface area contributed by atoms with Crippen molar-refractivity contribution < 1.29 is 18.8 Å². The number of ether oxygens (including phenoxy) is 1. The van der Waals surface area contributed by atoms with Crippen LogP contribution >= 0.6 is 0 Å². The topological polar surface area (TPSA) is 123 Å². The molecule has 0 radical (unpaired) electrons. The molecule has 1 fully saturated rings. The van der Waals surface area contributed by atoms with E-state index in [1.807, 2.05) is 30.3 Å². The highest BCUT2D eigenvalue weighted by atomic mass is 16.5. The van der Waals surface area contributed by atoms with E-state index in [9.17, 15) is 9.59 Å². The van der Waals surface area contributed by atoms with E-state index in [4.69, 9.17) is 15.0 Å². The van der Waals surface area contributed by atoms with Gasteiger partial charge in [0, 0.05) is 30.5 Å². The zero-order valence-electron chi connectivity index (χ0n) is 21.4. The molecule has 1 saturated heterocycles. The summed E-state index contributed by atoms with van der Waals surface area (Å²) in [5.74, 6) is 0.484. The fourth-order valence-corrected chi connectivity index (χ4v) is 5.24. The number of nitrogens with two attached hydrogens (primary N) is 1. The van der Waals surface area contributed by atoms with Crippen LogP contribution in [0.5, 0.6) is 5.88 Å². The van der Waals surface area contributed by atoms with Crippen LogP contribution in [-0.2, 0) is 11.2 Å². The van der Waals surface area contributed by atoms with Crippen molar-refractivity contribution in [3.63, 3.8) is 0 Å². The lowest BCUT2D eigenvalue weighted by Gasteiger charge is -2.28. The van der Waals surface area contributed by atoms with Gasteiger partial charge in [0.2, 0.25) is 17.7 Å². The first kappa shape index (κ1) is 24.0. The van der Waals surface area contributed by atoms with Gasteiger partial charge in [-0.25, -0.2) is 4.68 Å². The third kappa shape index (κ3) is 4.04. The monoisotopic (exact) mass is 515 g/mol. The Morgan fingerprint density at radius 1 is 1.11 bits per heavy atom. The molecule has 0 aliphatic carbocycles. The minimum atomic E-state index is -0.188. The first-order chi connectivity index (χ1) is 18.4. The Hall–Kier alpha value is -4.38. The quantitative estimate of drug-likeness (QED) is 0.416. The molecule has 0 saturated carbocycles. The maximum absolute atomic E-state index is 13.8. The number of amides is 2. The summed E-state index contributed by atoms with van der Waals surface area (Å²) in [4.78, 5) is 32.1. The number of hydrogen-bond acceptors (Lipinski definition) is 8. The average Bonchev–Trinajstić information content (AvgIpc) is 3.68. The smallest absolute Gasteiger partial charge is 0.277 e. The Kier molecular flexibility index (Phi) is 5.99. The number of likely N-dealkylation sites (tertiary alicyclic amines) is 1. The third-order valence-electron chi connectivity index (χ3n) is 7.39. The molecule has 2 aliphatic rings. The molecule has 2 aromatic carbocycles. The van der Waals surface area contributed by atoms with Crippen LogP contribution in [0.15, 0.2) is 47.0 Å². The van der Waals surface area contributed by atoms with Gasteiger partial charge < -0.3 is 24.8 Å². The van der Waals surface area contributed by atoms with Crippen molar-refractivity contribution in [1.29, 1.82) is 0 Å². The van der Waals surface area contributed by atoms with E-state index >= 15 is 0 Å². The molecule has 0 unspecified atom stereocenters. The van der Waals surface area contributed by atoms with Crippen LogP contribution in [0.25, 0.3) is 16.6 Å². The number of carbonyl (C=O) groups excluding carboxylic acids is 2. The molecule has 2 amide bonds. The van der Waals surface area contributed by atoms with Crippen LogP contribution in [0.4, 0.5) is 17.3 Å². The maximum Gasteiger partial charge on any atom is 0.277 e. The number of likely N-dealkylation sites (N-methyl/N-ethyl adjacent to an activating group) is 1. The number of carbonyl (C=O) groups is 2. The molecule has 196 valence electrons. The minimum absolute atomic E-state index is 0.0553. The average molecular weight is 516 g/mol. The number of anilines is 3. The molecular weight excluding hydrogens is 486 g/mol. The van der Waals surface area contributed by atoms with E-state index < -0.39 is 0 Å². The molecule has 0 atom stereocenters. The van der Waals surface area contributed by atoms with E-state index in [0.717, 1.165) is 42.9 Å². The molecule has 2 N–H and O–H groups in total. The Bertz CT molecular complexity index is 1520. The minimum Gasteiger partial charge on any atom is -0.480 e. The Labute approximate surface area is 219 Å². The zero-order chi connectivity index (χ0) is 26.4. The van der Waals surface area contributed by atoms with Crippen LogP contribution in [-0.4, -0.2) is 72.0 Å². The zero-order valence-corrected chi connectivity index (χ0v) is 21.4. The van der Waals surface area contributed by atoms with Crippen LogP contribution in [0.1, 0.15) is 28.9 Å². The predicted molar refractivity (Wildman–Crippen MR) is 143 cm³/mol. The Balaban J connectivity index is 1.27. The van der Waals surface area contributed by atoms with Crippen molar-refractivity contribution in [3.8, 4) is 11.6 Å². The summed E-state index contributed by atoms with van der Waals surface area (Å²) in [7, 11) is 3.33. The van der Waals surface area contributed by atoms with Gasteiger partial charge in [0.05, 0.1) is 24.7 Å². The fourth-order valence-electron chi connectivity index (χ4n) is 5.24. The standard InChI is InChI=1S/C27H29N7O4/c1-31(23(35)16-32-12-3-4-13-32)17-5-7-18(8-6-17)33-14-11-20-24(27(33)36)34(29-26(20)37-2)19-9-10-22-21(15-19)25(28)38-30-22/h5-10,15H,3-4,11-14,16,28H2,1-2H3. The van der Waals surface area contributed by atoms with Crippen molar-refractivity contribution >= 4 is 40.0 Å². The molecule has 2 aliphatic heterocycles. The van der Waals surface area contributed by atoms with Gasteiger partial charge in [0.1, 0.15) is 11.2 Å². The normalized spacial score (nSPS) is 15.7. The van der Waals surface area contributed by atoms with E-state index in [2.05, 4.69) is 15.2 Å². The highest BCUT2D eigenvalue weighted by Gasteiger charge is 2.34. The number of nitrogen functional groups attached to an aromatic ring is 1. The number of nitrogens with zero attached hydrogens (tertiary/aromatic N) is 6. The highest BCUT2D eigenvalue weighted by Crippen LogP contribution is 2.33. The summed E-state index contributed by atoms with van der Waals surface area (Å²) in [6, 6.07) is 12.9.